The monoisotopic (exact) mass is 383 g/mol. The van der Waals surface area contributed by atoms with Crippen LogP contribution in [0.4, 0.5) is 4.39 Å². The van der Waals surface area contributed by atoms with E-state index in [1.807, 2.05) is 12.1 Å². The molecule has 3 fully saturated rings. The van der Waals surface area contributed by atoms with Gasteiger partial charge in [0.25, 0.3) is 0 Å². The van der Waals surface area contributed by atoms with Crippen LogP contribution < -0.4 is 21.8 Å². The number of amides is 1. The van der Waals surface area contributed by atoms with Gasteiger partial charge in [-0.05, 0) is 20.0 Å². The molecule has 27 heavy (non-hydrogen) atoms. The lowest BCUT2D eigenvalue weighted by Crippen LogP contribution is -2.61. The molecule has 4 heterocycles. The number of fused-ring (bicyclic) bond motifs is 1. The Balaban J connectivity index is 1.45. The van der Waals surface area contributed by atoms with E-state index in [-0.39, 0.29) is 43.2 Å². The second kappa shape index (κ2) is 7.55. The van der Waals surface area contributed by atoms with Crippen molar-refractivity contribution in [3.8, 4) is 0 Å². The molecule has 4 aliphatic heterocycles. The number of likely N-dealkylation sites (N-methyl/N-ethyl adjacent to an activating group) is 2. The molecule has 10 nitrogen and oxygen atoms in total. The highest BCUT2D eigenvalue weighted by molar-refractivity contribution is 5.80. The number of nitrogens with one attached hydrogen (secondary N) is 3. The number of nitrogens with two attached hydrogens (primary N) is 1. The minimum absolute atomic E-state index is 0.00552. The lowest BCUT2D eigenvalue weighted by Gasteiger charge is -2.41. The average molecular weight is 383 g/mol. The molecule has 0 aliphatic carbocycles. The van der Waals surface area contributed by atoms with Crippen molar-refractivity contribution in [1.29, 1.82) is 0 Å². The van der Waals surface area contributed by atoms with Gasteiger partial charge in [0.15, 0.2) is 0 Å². The van der Waals surface area contributed by atoms with E-state index in [2.05, 4.69) is 38.3 Å². The Hall–Kier alpha value is -1.40. The molecule has 5 N–H and O–H groups in total. The van der Waals surface area contributed by atoms with Gasteiger partial charge >= 0.3 is 0 Å². The quantitative estimate of drug-likeness (QED) is 0.450. The predicted molar refractivity (Wildman–Crippen MR) is 96.8 cm³/mol. The largest absolute Gasteiger partial charge is 0.351 e. The van der Waals surface area contributed by atoms with E-state index in [0.717, 1.165) is 19.5 Å². The van der Waals surface area contributed by atoms with Gasteiger partial charge < -0.3 is 16.0 Å². The Morgan fingerprint density at radius 3 is 2.89 bits per heavy atom. The van der Waals surface area contributed by atoms with E-state index >= 15 is 0 Å². The zero-order valence-electron chi connectivity index (χ0n) is 15.9. The van der Waals surface area contributed by atoms with E-state index in [9.17, 15) is 9.18 Å². The first-order valence-electron chi connectivity index (χ1n) is 9.69. The predicted octanol–water partition coefficient (Wildman–Crippen LogP) is -1.91. The van der Waals surface area contributed by atoms with Crippen LogP contribution in [0.25, 0.3) is 0 Å². The molecule has 0 radical (unpaired) electrons. The zero-order chi connectivity index (χ0) is 19.1. The number of halogens is 1. The number of hydrogen-bond acceptors (Lipinski definition) is 9. The van der Waals surface area contributed by atoms with Crippen LogP contribution in [-0.4, -0.2) is 98.2 Å². The third-order valence-electron chi connectivity index (χ3n) is 6.27. The van der Waals surface area contributed by atoms with Crippen LogP contribution in [0.5, 0.6) is 0 Å². The summed E-state index contributed by atoms with van der Waals surface area (Å²) >= 11 is 0. The van der Waals surface area contributed by atoms with Crippen molar-refractivity contribution in [2.24, 2.45) is 27.9 Å². The Morgan fingerprint density at radius 2 is 2.15 bits per heavy atom. The maximum absolute atomic E-state index is 13.6. The molecule has 3 saturated heterocycles. The van der Waals surface area contributed by atoms with Crippen molar-refractivity contribution < 1.29 is 9.18 Å². The van der Waals surface area contributed by atoms with Crippen molar-refractivity contribution in [2.75, 3.05) is 46.8 Å². The molecule has 4 aliphatic rings. The summed E-state index contributed by atoms with van der Waals surface area (Å²) in [4.78, 5) is 15.4. The van der Waals surface area contributed by atoms with Gasteiger partial charge in [-0.1, -0.05) is 5.22 Å². The van der Waals surface area contributed by atoms with E-state index in [1.165, 1.54) is 0 Å². The number of hydrogen-bond donors (Lipinski definition) is 4. The molecule has 152 valence electrons. The highest BCUT2D eigenvalue weighted by atomic mass is 19.1. The maximum atomic E-state index is 13.6. The molecular weight excluding hydrogens is 353 g/mol. The van der Waals surface area contributed by atoms with Crippen LogP contribution in [0.1, 0.15) is 6.42 Å². The Bertz CT molecular complexity index is 592. The molecule has 7 atom stereocenters. The first-order valence-corrected chi connectivity index (χ1v) is 9.69. The first kappa shape index (κ1) is 18.9. The highest BCUT2D eigenvalue weighted by Gasteiger charge is 2.48. The maximum Gasteiger partial charge on any atom is 0.229 e. The highest BCUT2D eigenvalue weighted by Crippen LogP contribution is 2.28. The second-order valence-electron chi connectivity index (χ2n) is 8.17. The fourth-order valence-electron chi connectivity index (χ4n) is 4.82. The van der Waals surface area contributed by atoms with E-state index in [1.54, 1.807) is 5.01 Å². The summed E-state index contributed by atoms with van der Waals surface area (Å²) in [5.74, 6) is -0.283. The number of nitrogens with zero attached hydrogens (tertiary/aromatic N) is 5. The molecule has 4 rings (SSSR count). The van der Waals surface area contributed by atoms with Gasteiger partial charge in [-0.15, -0.1) is 0 Å². The number of alkyl halides is 1. The standard InChI is InChI=1S/C16H30FN9O/c1-24-4-3-10(12-6-20-23-25(12)2)11(8-24)21-16(27)13-14(18)22-26-7-9(17)5-19-15(13)26/h9-15,19,22H,3-8,18H2,1-2H3,(H,21,27). The lowest BCUT2D eigenvalue weighted by atomic mass is 9.84. The van der Waals surface area contributed by atoms with Crippen LogP contribution >= 0.6 is 0 Å². The van der Waals surface area contributed by atoms with Crippen LogP contribution in [0.15, 0.2) is 10.3 Å². The molecule has 0 aromatic heterocycles. The van der Waals surface area contributed by atoms with Crippen LogP contribution in [0, 0.1) is 11.8 Å². The van der Waals surface area contributed by atoms with Gasteiger partial charge in [0.05, 0.1) is 30.8 Å². The van der Waals surface area contributed by atoms with Crippen molar-refractivity contribution in [2.45, 2.75) is 37.0 Å². The molecule has 0 saturated carbocycles. The Kier molecular flexibility index (Phi) is 5.30. The van der Waals surface area contributed by atoms with Gasteiger partial charge in [-0.3, -0.25) is 15.1 Å². The second-order valence-corrected chi connectivity index (χ2v) is 8.17. The average Bonchev–Trinajstić information content (AvgIpc) is 3.17. The summed E-state index contributed by atoms with van der Waals surface area (Å²) in [7, 11) is 4.00. The van der Waals surface area contributed by atoms with E-state index in [4.69, 9.17) is 5.73 Å². The minimum Gasteiger partial charge on any atom is -0.351 e. The smallest absolute Gasteiger partial charge is 0.229 e. The van der Waals surface area contributed by atoms with Crippen molar-refractivity contribution in [3.63, 3.8) is 0 Å². The SMILES string of the molecule is CN1CCC(C2CN=NN2C)C(NC(=O)C2C(N)NN3CC(F)CNC23)C1. The fraction of sp³-hybridized carbons (Fsp3) is 0.938. The molecule has 1 amide bonds. The van der Waals surface area contributed by atoms with Gasteiger partial charge in [-0.25, -0.2) is 14.8 Å². The van der Waals surface area contributed by atoms with Crippen molar-refractivity contribution in [3.05, 3.63) is 0 Å². The van der Waals surface area contributed by atoms with Crippen LogP contribution in [-0.2, 0) is 4.79 Å². The third-order valence-corrected chi connectivity index (χ3v) is 6.27. The summed E-state index contributed by atoms with van der Waals surface area (Å²) in [6.45, 7) is 2.91. The van der Waals surface area contributed by atoms with E-state index in [0.29, 0.717) is 6.54 Å². The number of hydrazine groups is 1. The van der Waals surface area contributed by atoms with Crippen LogP contribution in [0.2, 0.25) is 0 Å². The molecule has 0 aromatic carbocycles. The van der Waals surface area contributed by atoms with Crippen molar-refractivity contribution in [1.82, 2.24) is 31.0 Å². The number of piperidine rings is 1. The van der Waals surface area contributed by atoms with Gasteiger partial charge in [0.1, 0.15) is 6.17 Å². The first-order chi connectivity index (χ1) is 12.9. The topological polar surface area (TPSA) is 114 Å². The number of carbonyl (C=O) groups excluding carboxylic acids is 1. The number of likely N-dealkylation sites (tertiary alicyclic amines) is 1. The summed E-state index contributed by atoms with van der Waals surface area (Å²) in [5, 5.41) is 18.3. The normalized spacial score (nSPS) is 43.1. The minimum atomic E-state index is -0.968. The number of carbonyl (C=O) groups is 1. The lowest BCUT2D eigenvalue weighted by molar-refractivity contribution is -0.128. The molecule has 11 heteroatoms. The van der Waals surface area contributed by atoms with Gasteiger partial charge in [0, 0.05) is 38.6 Å². The van der Waals surface area contributed by atoms with Gasteiger partial charge in [0.2, 0.25) is 5.91 Å². The molecule has 7 unspecified atom stereocenters. The molecule has 0 aromatic rings. The number of rotatable bonds is 3. The zero-order valence-corrected chi connectivity index (χ0v) is 15.9. The summed E-state index contributed by atoms with van der Waals surface area (Å²) in [5.41, 5.74) is 9.21. The summed E-state index contributed by atoms with van der Waals surface area (Å²) in [6, 6.07) is 0.210. The molecule has 0 bridgehead atoms. The van der Waals surface area contributed by atoms with Crippen molar-refractivity contribution >= 4 is 5.91 Å². The summed E-state index contributed by atoms with van der Waals surface area (Å²) in [6.07, 6.45) is -0.810. The fourth-order valence-corrected chi connectivity index (χ4v) is 4.82. The summed E-state index contributed by atoms with van der Waals surface area (Å²) < 4.78 is 13.6. The Morgan fingerprint density at radius 1 is 1.33 bits per heavy atom. The third kappa shape index (κ3) is 3.66. The molecular formula is C16H30FN9O. The van der Waals surface area contributed by atoms with Crippen LogP contribution in [0.3, 0.4) is 0 Å². The van der Waals surface area contributed by atoms with Gasteiger partial charge in [-0.2, -0.15) is 5.11 Å². The van der Waals surface area contributed by atoms with E-state index < -0.39 is 18.3 Å². The Labute approximate surface area is 158 Å². The molecule has 0 spiro atoms.